The summed E-state index contributed by atoms with van der Waals surface area (Å²) >= 11 is 0. The van der Waals surface area contributed by atoms with Crippen LogP contribution in [0.15, 0.2) is 57.7 Å². The lowest BCUT2D eigenvalue weighted by Gasteiger charge is -2.08. The molecule has 122 valence electrons. The number of amides is 1. The molecule has 0 saturated heterocycles. The summed E-state index contributed by atoms with van der Waals surface area (Å²) in [6, 6.07) is 11.9. The monoisotopic (exact) mass is 327 g/mol. The van der Waals surface area contributed by atoms with E-state index in [1.807, 2.05) is 6.92 Å². The maximum absolute atomic E-state index is 12.8. The number of ether oxygens (including phenoxy) is 1. The number of anilines is 1. The SMILES string of the molecule is Cc1cc(=O)oc2cc(NC(=O)COc3ccc(F)cc3)ccc12. The molecule has 0 fully saturated rings. The molecule has 6 heteroatoms. The van der Waals surface area contributed by atoms with Gasteiger partial charge in [0, 0.05) is 23.2 Å². The summed E-state index contributed by atoms with van der Waals surface area (Å²) in [4.78, 5) is 23.3. The van der Waals surface area contributed by atoms with Crippen molar-refractivity contribution in [3.63, 3.8) is 0 Å². The predicted octanol–water partition coefficient (Wildman–Crippen LogP) is 3.26. The molecule has 0 aliphatic carbocycles. The van der Waals surface area contributed by atoms with E-state index < -0.39 is 5.63 Å². The Hall–Kier alpha value is -3.15. The number of benzene rings is 2. The molecule has 3 rings (SSSR count). The topological polar surface area (TPSA) is 68.5 Å². The number of hydrogen-bond donors (Lipinski definition) is 1. The maximum Gasteiger partial charge on any atom is 0.336 e. The molecule has 0 spiro atoms. The van der Waals surface area contributed by atoms with Crippen molar-refractivity contribution in [2.24, 2.45) is 0 Å². The van der Waals surface area contributed by atoms with Crippen LogP contribution in [0.1, 0.15) is 5.56 Å². The molecule has 3 aromatic rings. The highest BCUT2D eigenvalue weighted by molar-refractivity contribution is 5.94. The Balaban J connectivity index is 1.69. The van der Waals surface area contributed by atoms with Crippen LogP contribution < -0.4 is 15.7 Å². The molecule has 24 heavy (non-hydrogen) atoms. The second kappa shape index (κ2) is 6.54. The van der Waals surface area contributed by atoms with Crippen molar-refractivity contribution in [3.8, 4) is 5.75 Å². The Bertz CT molecular complexity index is 947. The van der Waals surface area contributed by atoms with Crippen LogP contribution in [0, 0.1) is 12.7 Å². The van der Waals surface area contributed by atoms with Crippen LogP contribution in [0.3, 0.4) is 0 Å². The molecular weight excluding hydrogens is 313 g/mol. The van der Waals surface area contributed by atoms with Crippen LogP contribution >= 0.6 is 0 Å². The zero-order chi connectivity index (χ0) is 17.1. The minimum absolute atomic E-state index is 0.221. The molecule has 0 saturated carbocycles. The number of hydrogen-bond acceptors (Lipinski definition) is 4. The molecule has 1 aromatic heterocycles. The Kier molecular flexibility index (Phi) is 4.29. The summed E-state index contributed by atoms with van der Waals surface area (Å²) in [5.41, 5.74) is 1.25. The lowest BCUT2D eigenvalue weighted by atomic mass is 10.1. The van der Waals surface area contributed by atoms with Gasteiger partial charge in [0.15, 0.2) is 6.61 Å². The molecule has 5 nitrogen and oxygen atoms in total. The average molecular weight is 327 g/mol. The van der Waals surface area contributed by atoms with E-state index in [1.54, 1.807) is 18.2 Å². The molecule has 1 amide bonds. The number of aryl methyl sites for hydroxylation is 1. The van der Waals surface area contributed by atoms with Crippen molar-refractivity contribution in [3.05, 3.63) is 70.3 Å². The minimum atomic E-state index is -0.442. The zero-order valence-corrected chi connectivity index (χ0v) is 12.8. The number of carbonyl (C=O) groups excluding carboxylic acids is 1. The van der Waals surface area contributed by atoms with E-state index in [9.17, 15) is 14.0 Å². The first kappa shape index (κ1) is 15.7. The van der Waals surface area contributed by atoms with Gasteiger partial charge in [-0.1, -0.05) is 0 Å². The fraction of sp³-hybridized carbons (Fsp3) is 0.111. The molecule has 0 atom stereocenters. The van der Waals surface area contributed by atoms with Crippen molar-refractivity contribution >= 4 is 22.6 Å². The summed E-state index contributed by atoms with van der Waals surface area (Å²) in [6.07, 6.45) is 0. The highest BCUT2D eigenvalue weighted by Crippen LogP contribution is 2.20. The summed E-state index contributed by atoms with van der Waals surface area (Å²) in [5.74, 6) is -0.361. The van der Waals surface area contributed by atoms with Crippen LogP contribution in [0.5, 0.6) is 5.75 Å². The van der Waals surface area contributed by atoms with Gasteiger partial charge in [-0.25, -0.2) is 9.18 Å². The highest BCUT2D eigenvalue weighted by atomic mass is 19.1. The fourth-order valence-electron chi connectivity index (χ4n) is 2.28. The predicted molar refractivity (Wildman–Crippen MR) is 87.7 cm³/mol. The molecule has 0 bridgehead atoms. The summed E-state index contributed by atoms with van der Waals surface area (Å²) in [7, 11) is 0. The summed E-state index contributed by atoms with van der Waals surface area (Å²) < 4.78 is 23.2. The molecule has 1 heterocycles. The van der Waals surface area contributed by atoms with Crippen molar-refractivity contribution in [1.82, 2.24) is 0 Å². The third-order valence-corrected chi connectivity index (χ3v) is 3.42. The normalized spacial score (nSPS) is 10.6. The van der Waals surface area contributed by atoms with E-state index >= 15 is 0 Å². The average Bonchev–Trinajstić information content (AvgIpc) is 2.54. The fourth-order valence-corrected chi connectivity index (χ4v) is 2.28. The van der Waals surface area contributed by atoms with Crippen molar-refractivity contribution < 1.29 is 18.3 Å². The highest BCUT2D eigenvalue weighted by Gasteiger charge is 2.07. The Morgan fingerprint density at radius 2 is 1.92 bits per heavy atom. The molecular formula is C18H14FNO4. The number of fused-ring (bicyclic) bond motifs is 1. The summed E-state index contributed by atoms with van der Waals surface area (Å²) in [6.45, 7) is 1.59. The van der Waals surface area contributed by atoms with Crippen LogP contribution in [0.4, 0.5) is 10.1 Å². The second-order valence-corrected chi connectivity index (χ2v) is 5.25. The van der Waals surface area contributed by atoms with Crippen LogP contribution in [-0.2, 0) is 4.79 Å². The zero-order valence-electron chi connectivity index (χ0n) is 12.8. The van der Waals surface area contributed by atoms with Crippen molar-refractivity contribution in [2.75, 3.05) is 11.9 Å². The smallest absolute Gasteiger partial charge is 0.336 e. The first-order chi connectivity index (χ1) is 11.5. The Labute approximate surface area is 136 Å². The number of halogens is 1. The molecule has 0 unspecified atom stereocenters. The van der Waals surface area contributed by atoms with Crippen molar-refractivity contribution in [1.29, 1.82) is 0 Å². The minimum Gasteiger partial charge on any atom is -0.484 e. The molecule has 1 N–H and O–H groups in total. The van der Waals surface area contributed by atoms with E-state index in [0.29, 0.717) is 17.0 Å². The first-order valence-electron chi connectivity index (χ1n) is 7.24. The van der Waals surface area contributed by atoms with Gasteiger partial charge < -0.3 is 14.5 Å². The van der Waals surface area contributed by atoms with Gasteiger partial charge in [0.05, 0.1) is 0 Å². The number of carbonyl (C=O) groups is 1. The number of nitrogens with one attached hydrogen (secondary N) is 1. The lowest BCUT2D eigenvalue weighted by molar-refractivity contribution is -0.118. The quantitative estimate of drug-likeness (QED) is 0.747. The third kappa shape index (κ3) is 3.60. The molecule has 0 aliphatic heterocycles. The van der Waals surface area contributed by atoms with E-state index in [-0.39, 0.29) is 18.3 Å². The Morgan fingerprint density at radius 1 is 1.17 bits per heavy atom. The van der Waals surface area contributed by atoms with Gasteiger partial charge in [-0.15, -0.1) is 0 Å². The largest absolute Gasteiger partial charge is 0.484 e. The van der Waals surface area contributed by atoms with Gasteiger partial charge in [0.2, 0.25) is 0 Å². The molecule has 0 radical (unpaired) electrons. The van der Waals surface area contributed by atoms with Gasteiger partial charge >= 0.3 is 5.63 Å². The third-order valence-electron chi connectivity index (χ3n) is 3.42. The van der Waals surface area contributed by atoms with Gasteiger partial charge in [0.25, 0.3) is 5.91 Å². The molecule has 2 aromatic carbocycles. The van der Waals surface area contributed by atoms with Crippen LogP contribution in [0.25, 0.3) is 11.0 Å². The Morgan fingerprint density at radius 3 is 2.67 bits per heavy atom. The van der Waals surface area contributed by atoms with Crippen molar-refractivity contribution in [2.45, 2.75) is 6.92 Å². The van der Waals surface area contributed by atoms with Gasteiger partial charge in [-0.2, -0.15) is 0 Å². The maximum atomic E-state index is 12.8. The van der Waals surface area contributed by atoms with Gasteiger partial charge in [-0.3, -0.25) is 4.79 Å². The summed E-state index contributed by atoms with van der Waals surface area (Å²) in [5, 5.41) is 3.46. The number of rotatable bonds is 4. The van der Waals surface area contributed by atoms with E-state index in [4.69, 9.17) is 9.15 Å². The standard InChI is InChI=1S/C18H14FNO4/c1-11-8-18(22)24-16-9-13(4-7-15(11)16)20-17(21)10-23-14-5-2-12(19)3-6-14/h2-9H,10H2,1H3,(H,20,21). The second-order valence-electron chi connectivity index (χ2n) is 5.25. The van der Waals surface area contributed by atoms with E-state index in [1.165, 1.54) is 30.3 Å². The van der Waals surface area contributed by atoms with Crippen LogP contribution in [-0.4, -0.2) is 12.5 Å². The van der Waals surface area contributed by atoms with Gasteiger partial charge in [-0.05, 0) is 48.9 Å². The van der Waals surface area contributed by atoms with E-state index in [2.05, 4.69) is 5.32 Å². The van der Waals surface area contributed by atoms with E-state index in [0.717, 1.165) is 10.9 Å². The molecule has 0 aliphatic rings. The lowest BCUT2D eigenvalue weighted by Crippen LogP contribution is -2.20. The van der Waals surface area contributed by atoms with Crippen LogP contribution in [0.2, 0.25) is 0 Å². The van der Waals surface area contributed by atoms with Gasteiger partial charge in [0.1, 0.15) is 17.1 Å². The first-order valence-corrected chi connectivity index (χ1v) is 7.24.